The molecule has 110 valence electrons. The third-order valence-corrected chi connectivity index (χ3v) is 3.45. The third-order valence-electron chi connectivity index (χ3n) is 3.45. The Morgan fingerprint density at radius 3 is 2.95 bits per heavy atom. The van der Waals surface area contributed by atoms with Crippen LogP contribution in [0.2, 0.25) is 0 Å². The Morgan fingerprint density at radius 1 is 1.50 bits per heavy atom. The molecule has 1 amide bonds. The molecule has 0 saturated carbocycles. The first-order valence-electron chi connectivity index (χ1n) is 6.93. The summed E-state index contributed by atoms with van der Waals surface area (Å²) in [6.07, 6.45) is 2.33. The molecule has 0 aliphatic carbocycles. The van der Waals surface area contributed by atoms with Gasteiger partial charge in [-0.05, 0) is 18.9 Å². The molecule has 1 unspecified atom stereocenters. The van der Waals surface area contributed by atoms with Crippen molar-refractivity contribution in [1.82, 2.24) is 4.90 Å². The van der Waals surface area contributed by atoms with E-state index < -0.39 is 0 Å². The van der Waals surface area contributed by atoms with Gasteiger partial charge in [0.2, 0.25) is 5.91 Å². The molecule has 5 nitrogen and oxygen atoms in total. The molecule has 5 heteroatoms. The second-order valence-corrected chi connectivity index (χ2v) is 5.08. The van der Waals surface area contributed by atoms with Gasteiger partial charge in [-0.2, -0.15) is 0 Å². The first kappa shape index (κ1) is 14.8. The summed E-state index contributed by atoms with van der Waals surface area (Å²) in [6.45, 7) is 2.40. The van der Waals surface area contributed by atoms with E-state index in [0.29, 0.717) is 6.54 Å². The number of methoxy groups -OCH3 is 1. The molecular weight excluding hydrogens is 256 g/mol. The first-order valence-corrected chi connectivity index (χ1v) is 6.93. The van der Waals surface area contributed by atoms with Crippen molar-refractivity contribution in [1.29, 1.82) is 0 Å². The van der Waals surface area contributed by atoms with Crippen LogP contribution in [0, 0.1) is 0 Å². The topological polar surface area (TPSA) is 64.8 Å². The summed E-state index contributed by atoms with van der Waals surface area (Å²) in [4.78, 5) is 13.3. The van der Waals surface area contributed by atoms with Crippen LogP contribution in [0.5, 0.6) is 5.75 Å². The van der Waals surface area contributed by atoms with Gasteiger partial charge in [-0.25, -0.2) is 0 Å². The Bertz CT molecular complexity index is 444. The zero-order valence-electron chi connectivity index (χ0n) is 11.9. The number of primary amides is 1. The van der Waals surface area contributed by atoms with E-state index in [9.17, 15) is 4.79 Å². The number of carbonyl (C=O) groups excluding carboxylic acids is 1. The molecule has 0 radical (unpaired) electrons. The fraction of sp³-hybridized carbons (Fsp3) is 0.533. The smallest absolute Gasteiger partial charge is 0.231 e. The summed E-state index contributed by atoms with van der Waals surface area (Å²) >= 11 is 0. The van der Waals surface area contributed by atoms with Crippen molar-refractivity contribution in [3.8, 4) is 5.75 Å². The van der Waals surface area contributed by atoms with E-state index in [1.54, 1.807) is 7.11 Å². The van der Waals surface area contributed by atoms with Gasteiger partial charge >= 0.3 is 0 Å². The summed E-state index contributed by atoms with van der Waals surface area (Å²) in [5.74, 6) is 0.507. The van der Waals surface area contributed by atoms with E-state index in [2.05, 4.69) is 0 Å². The number of para-hydroxylation sites is 1. The van der Waals surface area contributed by atoms with Crippen LogP contribution < -0.4 is 10.5 Å². The van der Waals surface area contributed by atoms with Gasteiger partial charge < -0.3 is 15.2 Å². The number of hydrogen-bond donors (Lipinski definition) is 1. The molecule has 1 aromatic carbocycles. The van der Waals surface area contributed by atoms with Gasteiger partial charge in [-0.1, -0.05) is 18.2 Å². The molecule has 1 aliphatic rings. The number of benzene rings is 1. The van der Waals surface area contributed by atoms with Crippen LogP contribution in [0.4, 0.5) is 0 Å². The highest BCUT2D eigenvalue weighted by atomic mass is 16.5. The maximum absolute atomic E-state index is 11.2. The Kier molecular flexibility index (Phi) is 5.38. The van der Waals surface area contributed by atoms with Gasteiger partial charge in [0.15, 0.2) is 0 Å². The second-order valence-electron chi connectivity index (χ2n) is 5.08. The monoisotopic (exact) mass is 278 g/mol. The fourth-order valence-corrected chi connectivity index (χ4v) is 2.56. The highest BCUT2D eigenvalue weighted by molar-refractivity contribution is 5.75. The molecule has 2 N–H and O–H groups in total. The predicted octanol–water partition coefficient (Wildman–Crippen LogP) is 1.16. The number of nitrogens with zero attached hydrogens (tertiary/aromatic N) is 1. The lowest BCUT2D eigenvalue weighted by Gasteiger charge is -2.24. The minimum absolute atomic E-state index is 0.198. The van der Waals surface area contributed by atoms with Crippen molar-refractivity contribution in [3.05, 3.63) is 29.8 Å². The molecule has 1 atom stereocenters. The summed E-state index contributed by atoms with van der Waals surface area (Å²) < 4.78 is 11.0. The maximum atomic E-state index is 11.2. The van der Waals surface area contributed by atoms with Gasteiger partial charge in [-0.3, -0.25) is 9.69 Å². The van der Waals surface area contributed by atoms with Crippen molar-refractivity contribution >= 4 is 5.91 Å². The molecule has 1 aliphatic heterocycles. The molecule has 20 heavy (non-hydrogen) atoms. The SMILES string of the molecule is COc1ccccc1CN(CC(N)=O)CC1CCCO1. The van der Waals surface area contributed by atoms with Gasteiger partial charge in [0.25, 0.3) is 0 Å². The molecule has 2 rings (SSSR count). The predicted molar refractivity (Wildman–Crippen MR) is 76.4 cm³/mol. The normalized spacial score (nSPS) is 18.4. The first-order chi connectivity index (χ1) is 9.69. The lowest BCUT2D eigenvalue weighted by Crippen LogP contribution is -2.38. The van der Waals surface area contributed by atoms with E-state index in [0.717, 1.165) is 37.3 Å². The van der Waals surface area contributed by atoms with E-state index in [1.807, 2.05) is 29.2 Å². The van der Waals surface area contributed by atoms with Crippen LogP contribution in [-0.2, 0) is 16.1 Å². The lowest BCUT2D eigenvalue weighted by molar-refractivity contribution is -0.119. The quantitative estimate of drug-likeness (QED) is 0.813. The number of hydrogen-bond acceptors (Lipinski definition) is 4. The zero-order valence-corrected chi connectivity index (χ0v) is 11.9. The number of nitrogens with two attached hydrogens (primary N) is 1. The standard InChI is InChI=1S/C15H22N2O3/c1-19-14-7-3-2-5-12(14)9-17(11-15(16)18)10-13-6-4-8-20-13/h2-3,5,7,13H,4,6,8-11H2,1H3,(H2,16,18). The van der Waals surface area contributed by atoms with E-state index in [-0.39, 0.29) is 18.6 Å². The lowest BCUT2D eigenvalue weighted by atomic mass is 10.1. The van der Waals surface area contributed by atoms with E-state index in [1.165, 1.54) is 0 Å². The molecule has 0 bridgehead atoms. The second kappa shape index (κ2) is 7.26. The number of carbonyl (C=O) groups is 1. The van der Waals surface area contributed by atoms with Crippen LogP contribution in [0.3, 0.4) is 0 Å². The van der Waals surface area contributed by atoms with Crippen molar-refractivity contribution in [2.24, 2.45) is 5.73 Å². The van der Waals surface area contributed by atoms with Crippen molar-refractivity contribution < 1.29 is 14.3 Å². The molecule has 0 spiro atoms. The van der Waals surface area contributed by atoms with Crippen LogP contribution in [0.25, 0.3) is 0 Å². The average Bonchev–Trinajstić information content (AvgIpc) is 2.91. The molecule has 1 heterocycles. The molecule has 0 aromatic heterocycles. The average molecular weight is 278 g/mol. The van der Waals surface area contributed by atoms with Crippen LogP contribution in [0.15, 0.2) is 24.3 Å². The van der Waals surface area contributed by atoms with Crippen LogP contribution in [0.1, 0.15) is 18.4 Å². The number of ether oxygens (including phenoxy) is 2. The largest absolute Gasteiger partial charge is 0.496 e. The van der Waals surface area contributed by atoms with Crippen LogP contribution in [-0.4, -0.2) is 43.7 Å². The van der Waals surface area contributed by atoms with Gasteiger partial charge in [-0.15, -0.1) is 0 Å². The fourth-order valence-electron chi connectivity index (χ4n) is 2.56. The Hall–Kier alpha value is -1.59. The highest BCUT2D eigenvalue weighted by Crippen LogP contribution is 2.20. The number of amides is 1. The highest BCUT2D eigenvalue weighted by Gasteiger charge is 2.21. The molecular formula is C15H22N2O3. The Morgan fingerprint density at radius 2 is 2.30 bits per heavy atom. The number of rotatable bonds is 7. The van der Waals surface area contributed by atoms with Crippen molar-refractivity contribution in [2.45, 2.75) is 25.5 Å². The minimum atomic E-state index is -0.321. The third kappa shape index (κ3) is 4.21. The van der Waals surface area contributed by atoms with E-state index >= 15 is 0 Å². The zero-order chi connectivity index (χ0) is 14.4. The maximum Gasteiger partial charge on any atom is 0.231 e. The minimum Gasteiger partial charge on any atom is -0.496 e. The van der Waals surface area contributed by atoms with Gasteiger partial charge in [0.05, 0.1) is 19.8 Å². The Balaban J connectivity index is 2.03. The van der Waals surface area contributed by atoms with Crippen molar-refractivity contribution in [2.75, 3.05) is 26.8 Å². The Labute approximate surface area is 119 Å². The van der Waals surface area contributed by atoms with Crippen LogP contribution >= 0.6 is 0 Å². The molecule has 1 saturated heterocycles. The summed E-state index contributed by atoms with van der Waals surface area (Å²) in [5, 5.41) is 0. The van der Waals surface area contributed by atoms with Gasteiger partial charge in [0, 0.05) is 25.3 Å². The molecule has 1 aromatic rings. The summed E-state index contributed by atoms with van der Waals surface area (Å²) in [6, 6.07) is 7.82. The van der Waals surface area contributed by atoms with E-state index in [4.69, 9.17) is 15.2 Å². The van der Waals surface area contributed by atoms with Crippen molar-refractivity contribution in [3.63, 3.8) is 0 Å². The summed E-state index contributed by atoms with van der Waals surface area (Å²) in [5.41, 5.74) is 6.39. The summed E-state index contributed by atoms with van der Waals surface area (Å²) in [7, 11) is 1.65. The van der Waals surface area contributed by atoms with Gasteiger partial charge in [0.1, 0.15) is 5.75 Å². The molecule has 1 fully saturated rings.